The Kier molecular flexibility index (Phi) is 7.40. The van der Waals surface area contributed by atoms with E-state index in [9.17, 15) is 9.59 Å². The first-order valence-corrected chi connectivity index (χ1v) is 9.28. The summed E-state index contributed by atoms with van der Waals surface area (Å²) in [6.07, 6.45) is 6.73. The van der Waals surface area contributed by atoms with Gasteiger partial charge in [0, 0.05) is 38.7 Å². The van der Waals surface area contributed by atoms with Gasteiger partial charge < -0.3 is 9.80 Å². The average Bonchev–Trinajstić information content (AvgIpc) is 2.69. The topological polar surface area (TPSA) is 64.4 Å². The molecule has 1 heterocycles. The predicted octanol–water partition coefficient (Wildman–Crippen LogP) is 3.07. The number of likely N-dealkylation sites (tertiary alicyclic amines) is 1. The Morgan fingerprint density at radius 3 is 2.65 bits per heavy atom. The van der Waals surface area contributed by atoms with Crippen molar-refractivity contribution in [2.45, 2.75) is 32.6 Å². The van der Waals surface area contributed by atoms with Gasteiger partial charge in [-0.25, -0.2) is 0 Å². The van der Waals surface area contributed by atoms with Gasteiger partial charge in [0.2, 0.25) is 11.8 Å². The fourth-order valence-corrected chi connectivity index (χ4v) is 3.17. The van der Waals surface area contributed by atoms with E-state index >= 15 is 0 Å². The molecule has 0 aliphatic carbocycles. The summed E-state index contributed by atoms with van der Waals surface area (Å²) in [4.78, 5) is 28.4. The second-order valence-electron chi connectivity index (χ2n) is 6.75. The second kappa shape index (κ2) is 9.76. The van der Waals surface area contributed by atoms with E-state index in [0.29, 0.717) is 31.5 Å². The molecule has 0 bridgehead atoms. The first kappa shape index (κ1) is 19.7. The van der Waals surface area contributed by atoms with E-state index in [0.717, 1.165) is 24.9 Å². The van der Waals surface area contributed by atoms with Crippen molar-refractivity contribution in [2.24, 2.45) is 5.92 Å². The van der Waals surface area contributed by atoms with Crippen LogP contribution in [0.25, 0.3) is 6.08 Å². The Morgan fingerprint density at radius 2 is 2.00 bits per heavy atom. The van der Waals surface area contributed by atoms with Crippen molar-refractivity contribution in [1.82, 2.24) is 9.80 Å². The predicted molar refractivity (Wildman–Crippen MR) is 102 cm³/mol. The third-order valence-corrected chi connectivity index (χ3v) is 4.87. The molecule has 1 fully saturated rings. The molecule has 0 radical (unpaired) electrons. The molecule has 5 heteroatoms. The fraction of sp³-hybridized carbons (Fsp3) is 0.476. The summed E-state index contributed by atoms with van der Waals surface area (Å²) in [5.74, 6) is 0.149. The van der Waals surface area contributed by atoms with Crippen molar-refractivity contribution in [3.63, 3.8) is 0 Å². The van der Waals surface area contributed by atoms with Crippen molar-refractivity contribution in [3.8, 4) is 6.07 Å². The largest absolute Gasteiger partial charge is 0.346 e. The summed E-state index contributed by atoms with van der Waals surface area (Å²) >= 11 is 0. The van der Waals surface area contributed by atoms with E-state index in [2.05, 4.69) is 13.0 Å². The Labute approximate surface area is 155 Å². The molecule has 1 aromatic rings. The lowest BCUT2D eigenvalue weighted by molar-refractivity contribution is -0.138. The van der Waals surface area contributed by atoms with Crippen LogP contribution in [0.3, 0.4) is 0 Å². The maximum absolute atomic E-state index is 12.4. The second-order valence-corrected chi connectivity index (χ2v) is 6.75. The van der Waals surface area contributed by atoms with Gasteiger partial charge in [-0.05, 0) is 37.0 Å². The van der Waals surface area contributed by atoms with Crippen molar-refractivity contribution in [1.29, 1.82) is 5.26 Å². The van der Waals surface area contributed by atoms with Crippen LogP contribution in [0.2, 0.25) is 0 Å². The molecular formula is C21H27N3O2. The van der Waals surface area contributed by atoms with Crippen molar-refractivity contribution in [2.75, 3.05) is 26.7 Å². The number of carbonyl (C=O) groups is 2. The Bertz CT molecular complexity index is 697. The van der Waals surface area contributed by atoms with Gasteiger partial charge in [0.05, 0.1) is 11.6 Å². The van der Waals surface area contributed by atoms with Crippen LogP contribution in [0.15, 0.2) is 30.3 Å². The molecule has 1 aromatic carbocycles. The molecule has 0 spiro atoms. The molecule has 0 saturated carbocycles. The average molecular weight is 353 g/mol. The molecule has 1 aliphatic rings. The lowest BCUT2D eigenvalue weighted by Gasteiger charge is -2.32. The third-order valence-electron chi connectivity index (χ3n) is 4.87. The molecule has 1 aliphatic heterocycles. The summed E-state index contributed by atoms with van der Waals surface area (Å²) in [6, 6.07) is 9.32. The number of hydrogen-bond acceptors (Lipinski definition) is 3. The quantitative estimate of drug-likeness (QED) is 0.738. The van der Waals surface area contributed by atoms with Crippen LogP contribution >= 0.6 is 0 Å². The van der Waals surface area contributed by atoms with Crippen molar-refractivity contribution in [3.05, 3.63) is 41.5 Å². The Hall–Kier alpha value is -2.61. The van der Waals surface area contributed by atoms with E-state index in [1.54, 1.807) is 23.1 Å². The van der Waals surface area contributed by atoms with E-state index < -0.39 is 0 Å². The zero-order chi connectivity index (χ0) is 18.9. The van der Waals surface area contributed by atoms with Gasteiger partial charge in [-0.15, -0.1) is 0 Å². The zero-order valence-corrected chi connectivity index (χ0v) is 15.6. The van der Waals surface area contributed by atoms with Crippen LogP contribution in [0.5, 0.6) is 0 Å². The smallest absolute Gasteiger partial charge is 0.246 e. The summed E-state index contributed by atoms with van der Waals surface area (Å²) in [7, 11) is 1.87. The molecule has 0 N–H and O–H groups in total. The summed E-state index contributed by atoms with van der Waals surface area (Å²) in [5.41, 5.74) is 1.29. The van der Waals surface area contributed by atoms with E-state index in [1.807, 2.05) is 24.1 Å². The van der Waals surface area contributed by atoms with Gasteiger partial charge in [-0.3, -0.25) is 9.59 Å². The highest BCUT2D eigenvalue weighted by Crippen LogP contribution is 2.20. The standard InChI is InChI=1S/C21H27N3O2/c1-3-4-13-23(2)21(26)18-11-14-24(15-12-18)20(25)10-9-17-7-5-6-8-19(17)16-22/h5-10,18H,3-4,11-15H2,1-2H3/b10-9+. The van der Waals surface area contributed by atoms with E-state index in [4.69, 9.17) is 5.26 Å². The Morgan fingerprint density at radius 1 is 1.31 bits per heavy atom. The van der Waals surface area contributed by atoms with E-state index in [1.165, 1.54) is 6.08 Å². The molecule has 26 heavy (non-hydrogen) atoms. The van der Waals surface area contributed by atoms with Crippen LogP contribution in [-0.4, -0.2) is 48.3 Å². The number of carbonyl (C=O) groups excluding carboxylic acids is 2. The Balaban J connectivity index is 1.87. The molecule has 0 atom stereocenters. The highest BCUT2D eigenvalue weighted by molar-refractivity contribution is 5.92. The molecule has 138 valence electrons. The number of unbranched alkanes of at least 4 members (excludes halogenated alkanes) is 1. The van der Waals surface area contributed by atoms with Crippen LogP contribution in [0, 0.1) is 17.2 Å². The lowest BCUT2D eigenvalue weighted by atomic mass is 9.95. The van der Waals surface area contributed by atoms with Crippen LogP contribution in [-0.2, 0) is 9.59 Å². The number of benzene rings is 1. The van der Waals surface area contributed by atoms with Crippen LogP contribution < -0.4 is 0 Å². The third kappa shape index (κ3) is 5.19. The number of amides is 2. The van der Waals surface area contributed by atoms with Gasteiger partial charge in [-0.1, -0.05) is 31.5 Å². The van der Waals surface area contributed by atoms with Gasteiger partial charge in [0.15, 0.2) is 0 Å². The summed E-state index contributed by atoms with van der Waals surface area (Å²) < 4.78 is 0. The van der Waals surface area contributed by atoms with Crippen LogP contribution in [0.4, 0.5) is 0 Å². The molecule has 2 rings (SSSR count). The SMILES string of the molecule is CCCCN(C)C(=O)C1CCN(C(=O)/C=C/c2ccccc2C#N)CC1. The number of piperidine rings is 1. The lowest BCUT2D eigenvalue weighted by Crippen LogP contribution is -2.43. The molecule has 0 aromatic heterocycles. The van der Waals surface area contributed by atoms with Crippen molar-refractivity contribution < 1.29 is 9.59 Å². The number of hydrogen-bond donors (Lipinski definition) is 0. The van der Waals surface area contributed by atoms with Gasteiger partial charge >= 0.3 is 0 Å². The summed E-state index contributed by atoms with van der Waals surface area (Å²) in [5, 5.41) is 9.10. The first-order chi connectivity index (χ1) is 12.6. The zero-order valence-electron chi connectivity index (χ0n) is 15.6. The number of nitrogens with zero attached hydrogens (tertiary/aromatic N) is 3. The number of nitriles is 1. The molecule has 1 saturated heterocycles. The van der Waals surface area contributed by atoms with Gasteiger partial charge in [0.1, 0.15) is 0 Å². The fourth-order valence-electron chi connectivity index (χ4n) is 3.17. The molecule has 5 nitrogen and oxygen atoms in total. The maximum atomic E-state index is 12.4. The van der Waals surface area contributed by atoms with E-state index in [-0.39, 0.29) is 17.7 Å². The normalized spacial score (nSPS) is 15.0. The minimum absolute atomic E-state index is 0.0178. The highest BCUT2D eigenvalue weighted by Gasteiger charge is 2.28. The maximum Gasteiger partial charge on any atom is 0.246 e. The first-order valence-electron chi connectivity index (χ1n) is 9.28. The van der Waals surface area contributed by atoms with Gasteiger partial charge in [0.25, 0.3) is 0 Å². The molecule has 0 unspecified atom stereocenters. The highest BCUT2D eigenvalue weighted by atomic mass is 16.2. The van der Waals surface area contributed by atoms with Crippen molar-refractivity contribution >= 4 is 17.9 Å². The van der Waals surface area contributed by atoms with Gasteiger partial charge in [-0.2, -0.15) is 5.26 Å². The minimum Gasteiger partial charge on any atom is -0.346 e. The molecule has 2 amide bonds. The summed E-state index contributed by atoms with van der Waals surface area (Å²) in [6.45, 7) is 4.11. The number of rotatable bonds is 6. The molecular weight excluding hydrogens is 326 g/mol. The van der Waals surface area contributed by atoms with Crippen LogP contribution in [0.1, 0.15) is 43.7 Å². The minimum atomic E-state index is -0.0667. The monoisotopic (exact) mass is 353 g/mol.